The van der Waals surface area contributed by atoms with E-state index in [0.29, 0.717) is 0 Å². The SMILES string of the molecule is O=S(=O)([O-])CCCS(=O)(=O)OF.O=S(=O)([O-])CCCS(=O)(=O)OF.[K+].[K+]. The average molecular weight is 521 g/mol. The third-order valence-electron chi connectivity index (χ3n) is 1.77. The van der Waals surface area contributed by atoms with Crippen molar-refractivity contribution >= 4 is 40.5 Å². The van der Waals surface area contributed by atoms with Gasteiger partial charge < -0.3 is 9.11 Å². The van der Waals surface area contributed by atoms with Gasteiger partial charge in [-0.15, -0.1) is 0 Å². The van der Waals surface area contributed by atoms with E-state index in [9.17, 15) is 51.8 Å². The molecular weight excluding hydrogens is 509 g/mol. The Kier molecular flexibility index (Phi) is 22.9. The first kappa shape index (κ1) is 36.2. The van der Waals surface area contributed by atoms with Gasteiger partial charge in [-0.1, -0.05) is 8.78 Å². The van der Waals surface area contributed by atoms with Crippen molar-refractivity contribution in [1.29, 1.82) is 0 Å². The van der Waals surface area contributed by atoms with Crippen LogP contribution in [0.1, 0.15) is 12.8 Å². The molecule has 0 aromatic carbocycles. The standard InChI is InChI=1S/2C3H7FO6S2.2K/c2*4-10-12(8,9)3-1-2-11(5,6)7;;/h2*1-3H2,(H,5,6,7);;/q;;2*+1/p-2. The zero-order valence-corrected chi connectivity index (χ0v) is 23.0. The van der Waals surface area contributed by atoms with E-state index in [4.69, 9.17) is 0 Å². The van der Waals surface area contributed by atoms with Gasteiger partial charge >= 0.3 is 103 Å². The van der Waals surface area contributed by atoms with E-state index < -0.39 is 76.3 Å². The number of rotatable bonds is 10. The maximum Gasteiger partial charge on any atom is 1.00 e. The molecule has 0 heterocycles. The molecule has 20 heteroatoms. The fourth-order valence-electron chi connectivity index (χ4n) is 0.888. The molecule has 0 aliphatic carbocycles. The second kappa shape index (κ2) is 16.5. The van der Waals surface area contributed by atoms with Crippen LogP contribution in [0.15, 0.2) is 0 Å². The fourth-order valence-corrected chi connectivity index (χ4v) is 3.37. The summed E-state index contributed by atoms with van der Waals surface area (Å²) in [5.74, 6) is -3.36. The van der Waals surface area contributed by atoms with Crippen LogP contribution in [0.5, 0.6) is 0 Å². The second-order valence-corrected chi connectivity index (χ2v) is 10.2. The molecule has 0 spiro atoms. The van der Waals surface area contributed by atoms with E-state index >= 15 is 0 Å². The first-order chi connectivity index (χ1) is 10.5. The number of hydrogen-bond donors (Lipinski definition) is 0. The van der Waals surface area contributed by atoms with Crippen molar-refractivity contribution in [2.45, 2.75) is 12.8 Å². The summed E-state index contributed by atoms with van der Waals surface area (Å²) in [6.07, 6.45) is -0.948. The molecule has 0 saturated heterocycles. The molecule has 0 fully saturated rings. The third-order valence-corrected chi connectivity index (χ3v) is 5.31. The molecule has 0 aliphatic rings. The van der Waals surface area contributed by atoms with E-state index in [1.165, 1.54) is 0 Å². The van der Waals surface area contributed by atoms with E-state index in [2.05, 4.69) is 8.78 Å². The summed E-state index contributed by atoms with van der Waals surface area (Å²) in [7, 11) is -17.5. The first-order valence-corrected chi connectivity index (χ1v) is 11.8. The van der Waals surface area contributed by atoms with Crippen LogP contribution < -0.4 is 103 Å². The van der Waals surface area contributed by atoms with Gasteiger partial charge in [0, 0.05) is 11.5 Å². The van der Waals surface area contributed by atoms with Gasteiger partial charge in [-0.25, -0.2) is 16.8 Å². The van der Waals surface area contributed by atoms with Crippen molar-refractivity contribution < 1.29 is 163 Å². The molecule has 0 rings (SSSR count). The molecule has 0 amide bonds. The maximum atomic E-state index is 11.1. The zero-order chi connectivity index (χ0) is 19.7. The van der Waals surface area contributed by atoms with E-state index in [1.54, 1.807) is 0 Å². The van der Waals surface area contributed by atoms with Gasteiger partial charge in [-0.05, 0) is 21.9 Å². The molecule has 0 unspecified atom stereocenters. The summed E-state index contributed by atoms with van der Waals surface area (Å²) in [4.78, 5) is 0. The zero-order valence-electron chi connectivity index (χ0n) is 13.5. The van der Waals surface area contributed by atoms with E-state index in [1.807, 2.05) is 0 Å². The van der Waals surface area contributed by atoms with Crippen molar-refractivity contribution in [2.24, 2.45) is 0 Å². The van der Waals surface area contributed by atoms with Crippen molar-refractivity contribution in [1.82, 2.24) is 0 Å². The van der Waals surface area contributed by atoms with Gasteiger partial charge in [0.2, 0.25) is 0 Å². The maximum absolute atomic E-state index is 11.1. The Morgan fingerprint density at radius 1 is 0.577 bits per heavy atom. The summed E-state index contributed by atoms with van der Waals surface area (Å²) in [5, 5.41) is 0. The monoisotopic (exact) mass is 520 g/mol. The van der Waals surface area contributed by atoms with Gasteiger partial charge in [0.25, 0.3) is 20.2 Å². The Labute approximate surface area is 235 Å². The minimum absolute atomic E-state index is 0. The molecule has 148 valence electrons. The number of hydrogen-bond acceptors (Lipinski definition) is 12. The Morgan fingerprint density at radius 2 is 0.808 bits per heavy atom. The van der Waals surface area contributed by atoms with Crippen LogP contribution in [0.4, 0.5) is 9.05 Å². The predicted octanol–water partition coefficient (Wildman–Crippen LogP) is -7.69. The first-order valence-electron chi connectivity index (χ1n) is 5.46. The van der Waals surface area contributed by atoms with Crippen LogP contribution in [0.25, 0.3) is 0 Å². The quantitative estimate of drug-likeness (QED) is 0.195. The van der Waals surface area contributed by atoms with Crippen LogP contribution in [-0.4, -0.2) is 65.8 Å². The topological polar surface area (TPSA) is 201 Å². The predicted molar refractivity (Wildman–Crippen MR) is 70.3 cm³/mol. The normalized spacial score (nSPS) is 12.2. The van der Waals surface area contributed by atoms with Crippen LogP contribution in [0, 0.1) is 0 Å². The summed E-state index contributed by atoms with van der Waals surface area (Å²) in [6.45, 7) is 0. The Hall–Kier alpha value is 2.77. The average Bonchev–Trinajstić information content (AvgIpc) is 2.36. The van der Waals surface area contributed by atoms with Crippen molar-refractivity contribution in [2.75, 3.05) is 23.0 Å². The smallest absolute Gasteiger partial charge is 0.748 e. The fraction of sp³-hybridized carbons (Fsp3) is 1.00. The van der Waals surface area contributed by atoms with Gasteiger partial charge in [0.05, 0.1) is 31.7 Å². The summed E-state index contributed by atoms with van der Waals surface area (Å²) < 4.78 is 127. The molecular formula is C6H12F2K2O12S4. The Morgan fingerprint density at radius 3 is 0.962 bits per heavy atom. The van der Waals surface area contributed by atoms with Gasteiger partial charge in [0.1, 0.15) is 0 Å². The van der Waals surface area contributed by atoms with Crippen LogP contribution in [-0.2, 0) is 49.2 Å². The molecule has 0 N–H and O–H groups in total. The number of halogens is 2. The third kappa shape index (κ3) is 29.0. The van der Waals surface area contributed by atoms with Gasteiger partial charge in [-0.3, -0.25) is 0 Å². The minimum atomic E-state index is -4.45. The molecule has 0 aromatic rings. The second-order valence-electron chi connectivity index (χ2n) is 3.88. The van der Waals surface area contributed by atoms with Crippen molar-refractivity contribution in [3.63, 3.8) is 0 Å². The Bertz CT molecular complexity index is 708. The van der Waals surface area contributed by atoms with Crippen LogP contribution in [0.2, 0.25) is 0 Å². The molecule has 0 atom stereocenters. The van der Waals surface area contributed by atoms with Crippen LogP contribution >= 0.6 is 0 Å². The van der Waals surface area contributed by atoms with Crippen molar-refractivity contribution in [3.8, 4) is 0 Å². The molecule has 26 heavy (non-hydrogen) atoms. The largest absolute Gasteiger partial charge is 1.00 e. The van der Waals surface area contributed by atoms with Gasteiger partial charge in [0.15, 0.2) is 0 Å². The van der Waals surface area contributed by atoms with Crippen molar-refractivity contribution in [3.05, 3.63) is 0 Å². The van der Waals surface area contributed by atoms with Crippen LogP contribution in [0.3, 0.4) is 0 Å². The molecule has 0 aliphatic heterocycles. The summed E-state index contributed by atoms with van der Waals surface area (Å²) >= 11 is 0. The summed E-state index contributed by atoms with van der Waals surface area (Å²) in [6, 6.07) is 0. The molecule has 12 nitrogen and oxygen atoms in total. The molecule has 0 saturated carbocycles. The molecule has 0 aromatic heterocycles. The summed E-state index contributed by atoms with van der Waals surface area (Å²) in [5.41, 5.74) is 0. The molecule has 0 radical (unpaired) electrons. The Balaban J connectivity index is -0.000000173. The van der Waals surface area contributed by atoms with E-state index in [0.717, 1.165) is 0 Å². The van der Waals surface area contributed by atoms with E-state index in [-0.39, 0.29) is 103 Å². The van der Waals surface area contributed by atoms with Gasteiger partial charge in [-0.2, -0.15) is 16.8 Å². The molecule has 0 bridgehead atoms. The minimum Gasteiger partial charge on any atom is -0.748 e.